The molecule has 0 fully saturated rings. The molecule has 3 aromatic rings. The highest BCUT2D eigenvalue weighted by Crippen LogP contribution is 2.22. The van der Waals surface area contributed by atoms with Gasteiger partial charge >= 0.3 is 6.03 Å². The van der Waals surface area contributed by atoms with E-state index in [1.54, 1.807) is 23.7 Å². The minimum atomic E-state index is -0.209. The predicted octanol–water partition coefficient (Wildman–Crippen LogP) is 3.57. The number of rotatable bonds is 5. The molecule has 116 valence electrons. The average Bonchev–Trinajstić information content (AvgIpc) is 3.05. The van der Waals surface area contributed by atoms with E-state index >= 15 is 0 Å². The van der Waals surface area contributed by atoms with Gasteiger partial charge in [-0.05, 0) is 24.3 Å². The van der Waals surface area contributed by atoms with Crippen LogP contribution in [0.25, 0.3) is 10.6 Å². The molecule has 0 bridgehead atoms. The number of hydrogen-bond acceptors (Lipinski definition) is 4. The van der Waals surface area contributed by atoms with Crippen molar-refractivity contribution in [3.63, 3.8) is 0 Å². The van der Waals surface area contributed by atoms with E-state index in [1.165, 1.54) is 0 Å². The summed E-state index contributed by atoms with van der Waals surface area (Å²) in [6.07, 6.45) is 4.24. The van der Waals surface area contributed by atoms with E-state index in [0.717, 1.165) is 22.0 Å². The van der Waals surface area contributed by atoms with Gasteiger partial charge in [-0.25, -0.2) is 9.78 Å². The van der Waals surface area contributed by atoms with Gasteiger partial charge in [-0.1, -0.05) is 18.2 Å². The van der Waals surface area contributed by atoms with Gasteiger partial charge in [0.25, 0.3) is 0 Å². The van der Waals surface area contributed by atoms with Crippen LogP contribution in [-0.2, 0) is 6.42 Å². The molecule has 2 N–H and O–H groups in total. The van der Waals surface area contributed by atoms with E-state index in [2.05, 4.69) is 20.6 Å². The van der Waals surface area contributed by atoms with Gasteiger partial charge in [-0.3, -0.25) is 4.98 Å². The number of amides is 2. The van der Waals surface area contributed by atoms with E-state index < -0.39 is 0 Å². The molecule has 0 unspecified atom stereocenters. The summed E-state index contributed by atoms with van der Waals surface area (Å²) in [6.45, 7) is 0.537. The van der Waals surface area contributed by atoms with Crippen molar-refractivity contribution in [2.24, 2.45) is 0 Å². The highest BCUT2D eigenvalue weighted by molar-refractivity contribution is 7.13. The van der Waals surface area contributed by atoms with Gasteiger partial charge < -0.3 is 10.6 Å². The Bertz CT molecular complexity index is 759. The lowest BCUT2D eigenvalue weighted by Gasteiger charge is -2.06. The summed E-state index contributed by atoms with van der Waals surface area (Å²) in [5.41, 5.74) is 2.75. The maximum absolute atomic E-state index is 11.8. The predicted molar refractivity (Wildman–Crippen MR) is 92.5 cm³/mol. The highest BCUT2D eigenvalue weighted by atomic mass is 32.1. The molecule has 23 heavy (non-hydrogen) atoms. The fourth-order valence-corrected chi connectivity index (χ4v) is 2.89. The first-order valence-electron chi connectivity index (χ1n) is 7.26. The number of carbonyl (C=O) groups excluding carboxylic acids is 1. The number of urea groups is 1. The molecule has 0 saturated carbocycles. The van der Waals surface area contributed by atoms with Crippen LogP contribution in [-0.4, -0.2) is 22.5 Å². The normalized spacial score (nSPS) is 10.3. The number of thiazole rings is 1. The number of pyridine rings is 1. The van der Waals surface area contributed by atoms with Crippen LogP contribution in [0.2, 0.25) is 0 Å². The van der Waals surface area contributed by atoms with Crippen molar-refractivity contribution in [1.82, 2.24) is 15.3 Å². The first kappa shape index (κ1) is 15.2. The lowest BCUT2D eigenvalue weighted by Crippen LogP contribution is -2.30. The molecule has 0 atom stereocenters. The maximum atomic E-state index is 11.8. The Balaban J connectivity index is 1.48. The first-order valence-corrected chi connectivity index (χ1v) is 8.14. The van der Waals surface area contributed by atoms with Crippen molar-refractivity contribution in [2.75, 3.05) is 11.9 Å². The van der Waals surface area contributed by atoms with Crippen molar-refractivity contribution < 1.29 is 4.79 Å². The van der Waals surface area contributed by atoms with E-state index in [-0.39, 0.29) is 6.03 Å². The molecule has 0 spiro atoms. The van der Waals surface area contributed by atoms with E-state index in [9.17, 15) is 4.79 Å². The zero-order chi connectivity index (χ0) is 15.9. The minimum absolute atomic E-state index is 0.209. The molecule has 0 aliphatic rings. The molecule has 2 aromatic heterocycles. The second-order valence-electron chi connectivity index (χ2n) is 4.88. The third-order valence-electron chi connectivity index (χ3n) is 3.16. The summed E-state index contributed by atoms with van der Waals surface area (Å²) < 4.78 is 0. The van der Waals surface area contributed by atoms with Crippen LogP contribution in [0.1, 0.15) is 5.69 Å². The minimum Gasteiger partial charge on any atom is -0.337 e. The summed E-state index contributed by atoms with van der Waals surface area (Å²) in [7, 11) is 0. The van der Waals surface area contributed by atoms with Gasteiger partial charge in [0.05, 0.1) is 5.69 Å². The first-order chi connectivity index (χ1) is 11.3. The van der Waals surface area contributed by atoms with Crippen molar-refractivity contribution >= 4 is 23.1 Å². The average molecular weight is 324 g/mol. The highest BCUT2D eigenvalue weighted by Gasteiger charge is 2.06. The molecule has 1 aromatic carbocycles. The lowest BCUT2D eigenvalue weighted by molar-refractivity contribution is 0.252. The Kier molecular flexibility index (Phi) is 4.95. The molecule has 5 nitrogen and oxygen atoms in total. The standard InChI is InChI=1S/C17H16N4OS/c22-17(21-14-6-2-1-3-7-14)19-10-8-15-12-23-16(20-15)13-5-4-9-18-11-13/h1-7,9,11-12H,8,10H2,(H2,19,21,22). The Labute approximate surface area is 138 Å². The second-order valence-corrected chi connectivity index (χ2v) is 5.74. The Morgan fingerprint density at radius 2 is 2.00 bits per heavy atom. The Hall–Kier alpha value is -2.73. The summed E-state index contributed by atoms with van der Waals surface area (Å²) in [6, 6.07) is 13.0. The van der Waals surface area contributed by atoms with Crippen molar-refractivity contribution in [3.8, 4) is 10.6 Å². The third-order valence-corrected chi connectivity index (χ3v) is 4.10. The number of nitrogens with one attached hydrogen (secondary N) is 2. The molecular weight excluding hydrogens is 308 g/mol. The molecule has 0 aliphatic heterocycles. The Morgan fingerprint density at radius 3 is 2.78 bits per heavy atom. The van der Waals surface area contributed by atoms with Gasteiger partial charge in [-0.2, -0.15) is 0 Å². The van der Waals surface area contributed by atoms with Crippen molar-refractivity contribution in [3.05, 3.63) is 65.9 Å². The van der Waals surface area contributed by atoms with Gasteiger partial charge in [0.1, 0.15) is 5.01 Å². The number of hydrogen-bond donors (Lipinski definition) is 2. The quantitative estimate of drug-likeness (QED) is 0.754. The molecule has 2 amide bonds. The summed E-state index contributed by atoms with van der Waals surface area (Å²) in [4.78, 5) is 20.4. The van der Waals surface area contributed by atoms with Crippen LogP contribution in [0, 0.1) is 0 Å². The van der Waals surface area contributed by atoms with Crippen molar-refractivity contribution in [2.45, 2.75) is 6.42 Å². The number of para-hydroxylation sites is 1. The van der Waals surface area contributed by atoms with Crippen LogP contribution in [0.15, 0.2) is 60.2 Å². The summed E-state index contributed by atoms with van der Waals surface area (Å²) in [5.74, 6) is 0. The van der Waals surface area contributed by atoms with Gasteiger partial charge in [0, 0.05) is 42.0 Å². The second kappa shape index (κ2) is 7.51. The van der Waals surface area contributed by atoms with E-state index in [1.807, 2.05) is 47.8 Å². The topological polar surface area (TPSA) is 66.9 Å². The molecule has 6 heteroatoms. The van der Waals surface area contributed by atoms with Crippen LogP contribution in [0.3, 0.4) is 0 Å². The molecule has 3 rings (SSSR count). The van der Waals surface area contributed by atoms with Crippen molar-refractivity contribution in [1.29, 1.82) is 0 Å². The number of benzene rings is 1. The van der Waals surface area contributed by atoms with Gasteiger partial charge in [0.2, 0.25) is 0 Å². The molecule has 2 heterocycles. The maximum Gasteiger partial charge on any atom is 0.319 e. The molecule has 0 saturated heterocycles. The third kappa shape index (κ3) is 4.37. The molecular formula is C17H16N4OS. The van der Waals surface area contributed by atoms with E-state index in [4.69, 9.17) is 0 Å². The van der Waals surface area contributed by atoms with Crippen LogP contribution in [0.4, 0.5) is 10.5 Å². The van der Waals surface area contributed by atoms with Gasteiger partial charge in [0.15, 0.2) is 0 Å². The monoisotopic (exact) mass is 324 g/mol. The lowest BCUT2D eigenvalue weighted by atomic mass is 10.3. The largest absolute Gasteiger partial charge is 0.337 e. The SMILES string of the molecule is O=C(NCCc1csc(-c2cccnc2)n1)Nc1ccccc1. The van der Waals surface area contributed by atoms with Gasteiger partial charge in [-0.15, -0.1) is 11.3 Å². The molecule has 0 aliphatic carbocycles. The number of anilines is 1. The zero-order valence-corrected chi connectivity index (χ0v) is 13.2. The summed E-state index contributed by atoms with van der Waals surface area (Å²) >= 11 is 1.58. The van der Waals surface area contributed by atoms with Crippen LogP contribution < -0.4 is 10.6 Å². The zero-order valence-electron chi connectivity index (χ0n) is 12.4. The fraction of sp³-hybridized carbons (Fsp3) is 0.118. The van der Waals surface area contributed by atoms with E-state index in [0.29, 0.717) is 13.0 Å². The molecule has 0 radical (unpaired) electrons. The summed E-state index contributed by atoms with van der Waals surface area (Å²) in [5, 5.41) is 8.57. The smallest absolute Gasteiger partial charge is 0.319 e. The van der Waals surface area contributed by atoms with Crippen LogP contribution >= 0.6 is 11.3 Å². The van der Waals surface area contributed by atoms with Crippen LogP contribution in [0.5, 0.6) is 0 Å². The number of aromatic nitrogens is 2. The number of carbonyl (C=O) groups is 1. The number of nitrogens with zero attached hydrogens (tertiary/aromatic N) is 2. The Morgan fingerprint density at radius 1 is 1.13 bits per heavy atom. The fourth-order valence-electron chi connectivity index (χ4n) is 2.04.